The summed E-state index contributed by atoms with van der Waals surface area (Å²) in [5.41, 5.74) is 3.95. The second kappa shape index (κ2) is 4.39. The highest BCUT2D eigenvalue weighted by Gasteiger charge is 2.40. The van der Waals surface area contributed by atoms with Gasteiger partial charge in [0.15, 0.2) is 0 Å². The van der Waals surface area contributed by atoms with E-state index in [1.807, 2.05) is 0 Å². The molecule has 1 aliphatic heterocycles. The third-order valence-electron chi connectivity index (χ3n) is 3.40. The molecule has 0 spiro atoms. The quantitative estimate of drug-likeness (QED) is 0.490. The van der Waals surface area contributed by atoms with Crippen LogP contribution in [0.1, 0.15) is 26.3 Å². The number of hydrogen-bond donors (Lipinski definition) is 0. The molecule has 2 rings (SSSR count). The fourth-order valence-electron chi connectivity index (χ4n) is 2.67. The normalized spacial score (nSPS) is 19.9. The summed E-state index contributed by atoms with van der Waals surface area (Å²) in [6.07, 6.45) is 2.19. The van der Waals surface area contributed by atoms with Gasteiger partial charge in [0.25, 0.3) is 0 Å². The summed E-state index contributed by atoms with van der Waals surface area (Å²) in [5.74, 6) is 0. The van der Waals surface area contributed by atoms with E-state index in [4.69, 9.17) is 0 Å². The van der Waals surface area contributed by atoms with Crippen molar-refractivity contribution in [3.63, 3.8) is 0 Å². The maximum Gasteiger partial charge on any atom is 0.0471 e. The van der Waals surface area contributed by atoms with Gasteiger partial charge < -0.3 is 4.90 Å². The molecule has 0 bridgehead atoms. The molecule has 0 saturated carbocycles. The third-order valence-corrected chi connectivity index (χ3v) is 6.71. The first-order valence-electron chi connectivity index (χ1n) is 5.40. The summed E-state index contributed by atoms with van der Waals surface area (Å²) in [4.78, 5) is 2.26. The Morgan fingerprint density at radius 2 is 1.76 bits per heavy atom. The molecule has 0 amide bonds. The molecule has 0 radical (unpaired) electrons. The van der Waals surface area contributed by atoms with Crippen LogP contribution in [0, 0.1) is 0 Å². The van der Waals surface area contributed by atoms with Gasteiger partial charge in [0.05, 0.1) is 0 Å². The summed E-state index contributed by atoms with van der Waals surface area (Å²) in [5, 5.41) is 0. The second-order valence-corrected chi connectivity index (χ2v) is 7.18. The highest BCUT2D eigenvalue weighted by atomic mass is 79.9. The van der Waals surface area contributed by atoms with Crippen molar-refractivity contribution in [2.24, 2.45) is 0 Å². The van der Waals surface area contributed by atoms with Crippen molar-refractivity contribution >= 4 is 53.5 Å². The summed E-state index contributed by atoms with van der Waals surface area (Å²) >= 11 is 10.9. The number of benzene rings is 1. The molecule has 1 aliphatic rings. The monoisotopic (exact) mass is 421 g/mol. The van der Waals surface area contributed by atoms with Crippen molar-refractivity contribution in [3.8, 4) is 0 Å². The van der Waals surface area contributed by atoms with E-state index in [0.717, 1.165) is 13.4 Å². The molecule has 1 aromatic carbocycles. The lowest BCUT2D eigenvalue weighted by Gasteiger charge is -2.24. The van der Waals surface area contributed by atoms with Gasteiger partial charge in [-0.05, 0) is 60.8 Å². The molecule has 0 aromatic heterocycles. The van der Waals surface area contributed by atoms with E-state index in [9.17, 15) is 0 Å². The number of likely N-dealkylation sites (N-methyl/N-ethyl adjacent to an activating group) is 1. The van der Waals surface area contributed by atoms with Crippen molar-refractivity contribution < 1.29 is 0 Å². The number of fused-ring (bicyclic) bond motifs is 1. The van der Waals surface area contributed by atoms with Crippen LogP contribution in [0.15, 0.2) is 31.3 Å². The van der Waals surface area contributed by atoms with Crippen molar-refractivity contribution in [1.82, 2.24) is 0 Å². The van der Waals surface area contributed by atoms with Crippen LogP contribution in [0.4, 0.5) is 5.69 Å². The van der Waals surface area contributed by atoms with Crippen LogP contribution in [-0.4, -0.2) is 7.05 Å². The van der Waals surface area contributed by atoms with Gasteiger partial charge in [-0.25, -0.2) is 0 Å². The van der Waals surface area contributed by atoms with Crippen molar-refractivity contribution in [1.29, 1.82) is 0 Å². The average molecular weight is 424 g/mol. The molecule has 1 aromatic rings. The first-order chi connectivity index (χ1) is 7.82. The minimum Gasteiger partial charge on any atom is -0.347 e. The van der Waals surface area contributed by atoms with Gasteiger partial charge in [-0.2, -0.15) is 0 Å². The lowest BCUT2D eigenvalue weighted by Crippen LogP contribution is -2.22. The standard InChI is InChI=1S/C13H14Br3N/c1-5-9-13(2,3)10-8(17(9)4)6-7(14)11(15)12(10)16/h5-6H,1-4H3/b9-5+. The zero-order chi connectivity index (χ0) is 13.0. The maximum atomic E-state index is 3.71. The number of halogens is 3. The molecule has 1 nitrogen and oxygen atoms in total. The molecule has 0 aliphatic carbocycles. The number of nitrogens with zero attached hydrogens (tertiary/aromatic N) is 1. The van der Waals surface area contributed by atoms with E-state index in [1.54, 1.807) is 0 Å². The Morgan fingerprint density at radius 1 is 1.18 bits per heavy atom. The number of hydrogen-bond acceptors (Lipinski definition) is 1. The summed E-state index contributed by atoms with van der Waals surface area (Å²) in [7, 11) is 2.12. The van der Waals surface area contributed by atoms with Gasteiger partial charge in [0.2, 0.25) is 0 Å². The van der Waals surface area contributed by atoms with Crippen LogP contribution in [-0.2, 0) is 5.41 Å². The zero-order valence-electron chi connectivity index (χ0n) is 10.2. The topological polar surface area (TPSA) is 3.24 Å². The smallest absolute Gasteiger partial charge is 0.0471 e. The Labute approximate surface area is 128 Å². The zero-order valence-corrected chi connectivity index (χ0v) is 15.0. The molecule has 0 fully saturated rings. The molecule has 0 unspecified atom stereocenters. The second-order valence-electron chi connectivity index (χ2n) is 4.74. The Morgan fingerprint density at radius 3 is 2.29 bits per heavy atom. The summed E-state index contributed by atoms with van der Waals surface area (Å²) in [6.45, 7) is 6.61. The van der Waals surface area contributed by atoms with Crippen LogP contribution in [0.3, 0.4) is 0 Å². The van der Waals surface area contributed by atoms with Crippen LogP contribution in [0.2, 0.25) is 0 Å². The van der Waals surface area contributed by atoms with Crippen molar-refractivity contribution in [2.75, 3.05) is 11.9 Å². The minimum absolute atomic E-state index is 0.0287. The first-order valence-corrected chi connectivity index (χ1v) is 7.78. The minimum atomic E-state index is 0.0287. The molecule has 0 atom stereocenters. The molecule has 0 saturated heterocycles. The van der Waals surface area contributed by atoms with Crippen LogP contribution < -0.4 is 4.90 Å². The molecule has 1 heterocycles. The van der Waals surface area contributed by atoms with E-state index in [2.05, 4.69) is 92.7 Å². The van der Waals surface area contributed by atoms with Crippen LogP contribution in [0.25, 0.3) is 0 Å². The first kappa shape index (κ1) is 13.6. The van der Waals surface area contributed by atoms with E-state index in [0.29, 0.717) is 0 Å². The fourth-order valence-corrected chi connectivity index (χ4v) is 4.58. The van der Waals surface area contributed by atoms with Gasteiger partial charge in [-0.1, -0.05) is 19.9 Å². The van der Waals surface area contributed by atoms with Gasteiger partial charge in [0, 0.05) is 42.8 Å². The molecule has 17 heavy (non-hydrogen) atoms. The number of rotatable bonds is 0. The van der Waals surface area contributed by atoms with Gasteiger partial charge >= 0.3 is 0 Å². The van der Waals surface area contributed by atoms with E-state index in [-0.39, 0.29) is 5.41 Å². The highest BCUT2D eigenvalue weighted by Crippen LogP contribution is 2.53. The van der Waals surface area contributed by atoms with Crippen molar-refractivity contribution in [2.45, 2.75) is 26.2 Å². The van der Waals surface area contributed by atoms with Crippen molar-refractivity contribution in [3.05, 3.63) is 36.8 Å². The molecular formula is C13H14Br3N. The van der Waals surface area contributed by atoms with E-state index < -0.39 is 0 Å². The molecule has 92 valence electrons. The van der Waals surface area contributed by atoms with Gasteiger partial charge in [-0.15, -0.1) is 0 Å². The predicted molar refractivity (Wildman–Crippen MR) is 84.7 cm³/mol. The molecule has 4 heteroatoms. The lowest BCUT2D eigenvalue weighted by molar-refractivity contribution is 0.635. The number of anilines is 1. The molecular weight excluding hydrogens is 410 g/mol. The van der Waals surface area contributed by atoms with Crippen LogP contribution in [0.5, 0.6) is 0 Å². The Hall–Kier alpha value is 0.200. The maximum absolute atomic E-state index is 3.71. The number of allylic oxidation sites excluding steroid dienone is 2. The summed E-state index contributed by atoms with van der Waals surface area (Å²) in [6, 6.07) is 2.17. The van der Waals surface area contributed by atoms with E-state index in [1.165, 1.54) is 16.9 Å². The largest absolute Gasteiger partial charge is 0.347 e. The predicted octanol–water partition coefficient (Wildman–Crippen LogP) is 5.61. The SMILES string of the molecule is C/C=C1/N(C)c2cc(Br)c(Br)c(Br)c2C1(C)C. The van der Waals surface area contributed by atoms with E-state index >= 15 is 0 Å². The molecule has 0 N–H and O–H groups in total. The summed E-state index contributed by atoms with van der Waals surface area (Å²) < 4.78 is 3.29. The highest BCUT2D eigenvalue weighted by molar-refractivity contribution is 9.14. The van der Waals surface area contributed by atoms with Gasteiger partial charge in [-0.3, -0.25) is 0 Å². The Balaban J connectivity index is 2.83. The van der Waals surface area contributed by atoms with Gasteiger partial charge in [0.1, 0.15) is 0 Å². The third kappa shape index (κ3) is 1.83. The lowest BCUT2D eigenvalue weighted by atomic mass is 9.84. The average Bonchev–Trinajstić information content (AvgIpc) is 2.43. The fraction of sp³-hybridized carbons (Fsp3) is 0.385. The Kier molecular flexibility index (Phi) is 3.52. The van der Waals surface area contributed by atoms with Crippen LogP contribution >= 0.6 is 47.8 Å². The Bertz CT molecular complexity index is 518.